The highest BCUT2D eigenvalue weighted by atomic mass is 16.6. The van der Waals surface area contributed by atoms with E-state index in [0.717, 1.165) is 0 Å². The van der Waals surface area contributed by atoms with E-state index in [9.17, 15) is 14.9 Å². The van der Waals surface area contributed by atoms with Crippen LogP contribution < -0.4 is 10.6 Å². The Morgan fingerprint density at radius 3 is 2.67 bits per heavy atom. The lowest BCUT2D eigenvalue weighted by molar-refractivity contribution is -0.383. The van der Waals surface area contributed by atoms with Crippen LogP contribution >= 0.6 is 0 Å². The average Bonchev–Trinajstić information content (AvgIpc) is 2.48. The van der Waals surface area contributed by atoms with Crippen LogP contribution in [0.1, 0.15) is 17.3 Å². The number of nitro groups is 1. The Morgan fingerprint density at radius 1 is 1.19 bits per heavy atom. The molecule has 0 aliphatic heterocycles. The highest BCUT2D eigenvalue weighted by Gasteiger charge is 2.13. The maximum atomic E-state index is 11.8. The van der Waals surface area contributed by atoms with Gasteiger partial charge in [-0.25, -0.2) is 0 Å². The summed E-state index contributed by atoms with van der Waals surface area (Å²) in [6, 6.07) is 13.2. The lowest BCUT2D eigenvalue weighted by Crippen LogP contribution is -2.22. The summed E-state index contributed by atoms with van der Waals surface area (Å²) >= 11 is 0. The second-order valence-corrected chi connectivity index (χ2v) is 4.34. The van der Waals surface area contributed by atoms with Gasteiger partial charge in [0.05, 0.1) is 4.92 Å². The second-order valence-electron chi connectivity index (χ2n) is 4.34. The van der Waals surface area contributed by atoms with Crippen LogP contribution in [-0.2, 0) is 0 Å². The molecule has 0 aromatic heterocycles. The maximum absolute atomic E-state index is 11.8. The first-order chi connectivity index (χ1) is 10.1. The quantitative estimate of drug-likeness (QED) is 0.653. The number of amides is 1. The lowest BCUT2D eigenvalue weighted by atomic mass is 10.1. The average molecular weight is 285 g/mol. The monoisotopic (exact) mass is 285 g/mol. The fourth-order valence-electron chi connectivity index (χ4n) is 1.89. The molecule has 6 nitrogen and oxygen atoms in total. The number of nitro benzene ring substituents is 1. The lowest BCUT2D eigenvalue weighted by Gasteiger charge is -2.08. The highest BCUT2D eigenvalue weighted by Crippen LogP contribution is 2.27. The van der Waals surface area contributed by atoms with Crippen LogP contribution in [0, 0.1) is 10.1 Å². The van der Waals surface area contributed by atoms with Crippen LogP contribution in [0.4, 0.5) is 17.1 Å². The van der Waals surface area contributed by atoms with Gasteiger partial charge >= 0.3 is 0 Å². The Balaban J connectivity index is 2.26. The smallest absolute Gasteiger partial charge is 0.292 e. The number of para-hydroxylation sites is 2. The molecule has 0 bridgehead atoms. The third-order valence-electron chi connectivity index (χ3n) is 2.84. The van der Waals surface area contributed by atoms with Crippen LogP contribution in [0.15, 0.2) is 48.5 Å². The number of rotatable bonds is 5. The molecule has 2 aromatic carbocycles. The first kappa shape index (κ1) is 14.5. The van der Waals surface area contributed by atoms with Crippen molar-refractivity contribution >= 4 is 23.0 Å². The molecule has 6 heteroatoms. The summed E-state index contributed by atoms with van der Waals surface area (Å²) < 4.78 is 0. The van der Waals surface area contributed by atoms with E-state index < -0.39 is 4.92 Å². The molecule has 0 heterocycles. The summed E-state index contributed by atoms with van der Waals surface area (Å²) in [5, 5.41) is 16.7. The van der Waals surface area contributed by atoms with Gasteiger partial charge in [0.1, 0.15) is 5.69 Å². The third kappa shape index (κ3) is 3.56. The summed E-state index contributed by atoms with van der Waals surface area (Å²) in [5.41, 5.74) is 1.49. The Labute approximate surface area is 121 Å². The summed E-state index contributed by atoms with van der Waals surface area (Å²) in [6.45, 7) is 2.38. The van der Waals surface area contributed by atoms with Gasteiger partial charge in [-0.05, 0) is 31.2 Å². The Bertz CT molecular complexity index is 671. The Hall–Kier alpha value is -2.89. The van der Waals surface area contributed by atoms with Crippen molar-refractivity contribution in [2.24, 2.45) is 0 Å². The largest absolute Gasteiger partial charge is 0.352 e. The van der Waals surface area contributed by atoms with E-state index in [2.05, 4.69) is 10.6 Å². The predicted octanol–water partition coefficient (Wildman–Crippen LogP) is 3.09. The molecule has 0 unspecified atom stereocenters. The van der Waals surface area contributed by atoms with Crippen LogP contribution in [0.5, 0.6) is 0 Å². The standard InChI is InChI=1S/C15H15N3O3/c1-2-16-15(19)11-6-5-7-12(10-11)17-13-8-3-4-9-14(13)18(20)21/h3-10,17H,2H2,1H3,(H,16,19). The molecular weight excluding hydrogens is 270 g/mol. The molecule has 2 N–H and O–H groups in total. The van der Waals surface area contributed by atoms with Crippen molar-refractivity contribution in [2.75, 3.05) is 11.9 Å². The number of anilines is 2. The minimum Gasteiger partial charge on any atom is -0.352 e. The molecule has 0 aliphatic carbocycles. The zero-order valence-corrected chi connectivity index (χ0v) is 11.5. The van der Waals surface area contributed by atoms with E-state index in [1.807, 2.05) is 6.92 Å². The molecule has 2 rings (SSSR count). The minimum absolute atomic E-state index is 0.0130. The van der Waals surface area contributed by atoms with Gasteiger partial charge in [0, 0.05) is 23.9 Å². The molecule has 0 saturated heterocycles. The molecule has 0 fully saturated rings. The molecule has 0 saturated carbocycles. The molecule has 2 aromatic rings. The topological polar surface area (TPSA) is 84.3 Å². The zero-order chi connectivity index (χ0) is 15.2. The van der Waals surface area contributed by atoms with Gasteiger partial charge in [0.25, 0.3) is 11.6 Å². The SMILES string of the molecule is CCNC(=O)c1cccc(Nc2ccccc2[N+](=O)[O-])c1. The van der Waals surface area contributed by atoms with Crippen LogP contribution in [0.3, 0.4) is 0 Å². The number of benzene rings is 2. The van der Waals surface area contributed by atoms with E-state index in [-0.39, 0.29) is 11.6 Å². The first-order valence-corrected chi connectivity index (χ1v) is 6.50. The molecular formula is C15H15N3O3. The summed E-state index contributed by atoms with van der Waals surface area (Å²) in [7, 11) is 0. The molecule has 0 aliphatic rings. The Morgan fingerprint density at radius 2 is 1.95 bits per heavy atom. The summed E-state index contributed by atoms with van der Waals surface area (Å²) in [4.78, 5) is 22.3. The Kier molecular flexibility index (Phi) is 4.50. The molecule has 21 heavy (non-hydrogen) atoms. The number of hydrogen-bond acceptors (Lipinski definition) is 4. The number of hydrogen-bond donors (Lipinski definition) is 2. The van der Waals surface area contributed by atoms with Crippen molar-refractivity contribution in [3.63, 3.8) is 0 Å². The van der Waals surface area contributed by atoms with E-state index >= 15 is 0 Å². The summed E-state index contributed by atoms with van der Waals surface area (Å²) in [6.07, 6.45) is 0. The van der Waals surface area contributed by atoms with Crippen LogP contribution in [-0.4, -0.2) is 17.4 Å². The fraction of sp³-hybridized carbons (Fsp3) is 0.133. The van der Waals surface area contributed by atoms with Gasteiger partial charge in [0.2, 0.25) is 0 Å². The molecule has 108 valence electrons. The number of nitrogens with zero attached hydrogens (tertiary/aromatic N) is 1. The number of nitrogens with one attached hydrogen (secondary N) is 2. The first-order valence-electron chi connectivity index (χ1n) is 6.50. The van der Waals surface area contributed by atoms with Gasteiger partial charge in [-0.1, -0.05) is 18.2 Å². The van der Waals surface area contributed by atoms with E-state index in [1.165, 1.54) is 6.07 Å². The molecule has 0 atom stereocenters. The minimum atomic E-state index is -0.448. The van der Waals surface area contributed by atoms with Crippen molar-refractivity contribution in [1.82, 2.24) is 5.32 Å². The van der Waals surface area contributed by atoms with Crippen LogP contribution in [0.25, 0.3) is 0 Å². The highest BCUT2D eigenvalue weighted by molar-refractivity contribution is 5.95. The van der Waals surface area contributed by atoms with Gasteiger partial charge in [0.15, 0.2) is 0 Å². The molecule has 0 spiro atoms. The molecule has 1 amide bonds. The van der Waals surface area contributed by atoms with Gasteiger partial charge in [-0.2, -0.15) is 0 Å². The zero-order valence-electron chi connectivity index (χ0n) is 11.5. The fourth-order valence-corrected chi connectivity index (χ4v) is 1.89. The van der Waals surface area contributed by atoms with Crippen LogP contribution in [0.2, 0.25) is 0 Å². The van der Waals surface area contributed by atoms with Crippen molar-refractivity contribution < 1.29 is 9.72 Å². The summed E-state index contributed by atoms with van der Waals surface area (Å²) in [5.74, 6) is -0.177. The van der Waals surface area contributed by atoms with Crippen molar-refractivity contribution in [3.05, 3.63) is 64.2 Å². The van der Waals surface area contributed by atoms with E-state index in [4.69, 9.17) is 0 Å². The van der Waals surface area contributed by atoms with Gasteiger partial charge in [-0.15, -0.1) is 0 Å². The van der Waals surface area contributed by atoms with Crippen molar-refractivity contribution in [1.29, 1.82) is 0 Å². The van der Waals surface area contributed by atoms with Crippen molar-refractivity contribution in [2.45, 2.75) is 6.92 Å². The van der Waals surface area contributed by atoms with E-state index in [0.29, 0.717) is 23.5 Å². The van der Waals surface area contributed by atoms with Crippen molar-refractivity contribution in [3.8, 4) is 0 Å². The maximum Gasteiger partial charge on any atom is 0.292 e. The number of carbonyl (C=O) groups excluding carboxylic acids is 1. The van der Waals surface area contributed by atoms with Gasteiger partial charge in [-0.3, -0.25) is 14.9 Å². The third-order valence-corrected chi connectivity index (χ3v) is 2.84. The van der Waals surface area contributed by atoms with E-state index in [1.54, 1.807) is 42.5 Å². The normalized spacial score (nSPS) is 9.95. The van der Waals surface area contributed by atoms with Gasteiger partial charge < -0.3 is 10.6 Å². The second kappa shape index (κ2) is 6.51. The predicted molar refractivity (Wildman–Crippen MR) is 80.8 cm³/mol. The number of carbonyl (C=O) groups is 1. The molecule has 0 radical (unpaired) electrons.